The van der Waals surface area contributed by atoms with Crippen molar-refractivity contribution < 1.29 is 19.5 Å². The molecule has 0 bridgehead atoms. The van der Waals surface area contributed by atoms with Gasteiger partial charge in [-0.1, -0.05) is 6.92 Å². The van der Waals surface area contributed by atoms with Gasteiger partial charge in [-0.3, -0.25) is 19.3 Å². The Labute approximate surface area is 186 Å². The fourth-order valence-corrected chi connectivity index (χ4v) is 4.71. The third-order valence-electron chi connectivity index (χ3n) is 5.67. The number of nitrogens with zero attached hydrogens (tertiary/aromatic N) is 2. The number of phenolic OH excluding ortho intramolecular Hbond substituents is 1. The molecule has 1 saturated heterocycles. The first-order chi connectivity index (χ1) is 15.0. The molecule has 0 aliphatic carbocycles. The number of benzene rings is 1. The number of rotatable bonds is 9. The van der Waals surface area contributed by atoms with Crippen molar-refractivity contribution in [3.8, 4) is 5.75 Å². The van der Waals surface area contributed by atoms with Crippen LogP contribution in [-0.4, -0.2) is 77.3 Å². The average Bonchev–Trinajstić information content (AvgIpc) is 3.14. The second-order valence-electron chi connectivity index (χ2n) is 7.54. The zero-order chi connectivity index (χ0) is 22.4. The van der Waals surface area contributed by atoms with Crippen LogP contribution in [0, 0.1) is 0 Å². The third-order valence-corrected chi connectivity index (χ3v) is 6.42. The molecule has 0 spiro atoms. The quantitative estimate of drug-likeness (QED) is 0.335. The van der Waals surface area contributed by atoms with E-state index < -0.39 is 0 Å². The molecule has 2 aromatic rings. The van der Waals surface area contributed by atoms with E-state index in [-0.39, 0.29) is 31.4 Å². The van der Waals surface area contributed by atoms with Crippen LogP contribution in [0.4, 0.5) is 0 Å². The van der Waals surface area contributed by atoms with Crippen molar-refractivity contribution in [2.45, 2.75) is 31.3 Å². The number of nitrogens with one attached hydrogen (secondary N) is 2. The van der Waals surface area contributed by atoms with Crippen LogP contribution >= 0.6 is 11.8 Å². The highest BCUT2D eigenvalue weighted by Gasteiger charge is 2.23. The van der Waals surface area contributed by atoms with E-state index in [9.17, 15) is 14.7 Å². The Bertz CT molecular complexity index is 924. The summed E-state index contributed by atoms with van der Waals surface area (Å²) in [6.07, 6.45) is 3.23. The average molecular weight is 450 g/mol. The lowest BCUT2D eigenvalue weighted by Crippen LogP contribution is -2.48. The number of carbonyl (C=O) groups excluding carboxylic acids is 2. The lowest BCUT2D eigenvalue weighted by molar-refractivity contribution is -0.133. The number of amides is 2. The van der Waals surface area contributed by atoms with Gasteiger partial charge < -0.3 is 20.3 Å². The van der Waals surface area contributed by atoms with E-state index >= 15 is 0 Å². The summed E-state index contributed by atoms with van der Waals surface area (Å²) in [5, 5.41) is 15.4. The molecule has 5 N–H and O–H groups in total. The molecule has 10 heteroatoms. The second kappa shape index (κ2) is 10.9. The van der Waals surface area contributed by atoms with E-state index in [4.69, 9.17) is 5.90 Å². The number of hydrogen-bond donors (Lipinski definition) is 4. The van der Waals surface area contributed by atoms with Crippen LogP contribution in [0.25, 0.3) is 10.9 Å². The monoisotopic (exact) mass is 449 g/mol. The maximum atomic E-state index is 12.4. The van der Waals surface area contributed by atoms with E-state index in [0.717, 1.165) is 41.0 Å². The topological polar surface area (TPSA) is 124 Å². The second-order valence-corrected chi connectivity index (χ2v) is 8.36. The molecule has 2 heterocycles. The van der Waals surface area contributed by atoms with Gasteiger partial charge in [0.05, 0.1) is 10.5 Å². The Hall–Kier alpha value is -2.27. The van der Waals surface area contributed by atoms with Crippen molar-refractivity contribution in [1.82, 2.24) is 20.1 Å². The van der Waals surface area contributed by atoms with E-state index in [1.54, 1.807) is 17.8 Å². The van der Waals surface area contributed by atoms with Crippen molar-refractivity contribution in [1.29, 1.82) is 0 Å². The largest absolute Gasteiger partial charge is 0.508 e. The number of thioether (sulfide) groups is 1. The Morgan fingerprint density at radius 2 is 2.00 bits per heavy atom. The molecule has 31 heavy (non-hydrogen) atoms. The van der Waals surface area contributed by atoms with Gasteiger partial charge in [-0.15, -0.1) is 11.8 Å². The van der Waals surface area contributed by atoms with E-state index in [0.29, 0.717) is 25.4 Å². The highest BCUT2D eigenvalue weighted by atomic mass is 32.2. The summed E-state index contributed by atoms with van der Waals surface area (Å²) >= 11 is 1.69. The number of aromatic amines is 1. The number of hydrogen-bond acceptors (Lipinski definition) is 7. The first-order valence-electron chi connectivity index (χ1n) is 10.5. The number of aryl methyl sites for hydroxylation is 1. The van der Waals surface area contributed by atoms with Gasteiger partial charge in [-0.25, -0.2) is 5.90 Å². The molecule has 1 fully saturated rings. The summed E-state index contributed by atoms with van der Waals surface area (Å²) in [5.41, 5.74) is 3.18. The van der Waals surface area contributed by atoms with E-state index in [2.05, 4.69) is 33.2 Å². The molecule has 0 saturated carbocycles. The molecule has 0 radical (unpaired) electrons. The minimum atomic E-state index is -0.339. The highest BCUT2D eigenvalue weighted by molar-refractivity contribution is 7.98. The fourth-order valence-electron chi connectivity index (χ4n) is 4.00. The van der Waals surface area contributed by atoms with Gasteiger partial charge in [0.25, 0.3) is 0 Å². The number of H-pyrrole nitrogens is 1. The molecule has 3 rings (SSSR count). The molecule has 1 aromatic carbocycles. The molecule has 170 valence electrons. The predicted octanol–water partition coefficient (Wildman–Crippen LogP) is 1.20. The maximum absolute atomic E-state index is 12.4. The Balaban J connectivity index is 1.58. The van der Waals surface area contributed by atoms with Crippen LogP contribution in [0.1, 0.15) is 24.5 Å². The fraction of sp³-hybridized carbons (Fsp3) is 0.524. The highest BCUT2D eigenvalue weighted by Crippen LogP contribution is 2.35. The number of carbonyl (C=O) groups is 2. The van der Waals surface area contributed by atoms with Crippen LogP contribution < -0.4 is 11.2 Å². The first-order valence-corrected chi connectivity index (χ1v) is 11.7. The van der Waals surface area contributed by atoms with Crippen molar-refractivity contribution in [3.63, 3.8) is 0 Å². The van der Waals surface area contributed by atoms with Gasteiger partial charge >= 0.3 is 0 Å². The van der Waals surface area contributed by atoms with E-state index in [1.807, 2.05) is 11.0 Å². The first kappa shape index (κ1) is 23.4. The number of nitrogens with two attached hydrogens (primary N) is 1. The van der Waals surface area contributed by atoms with Gasteiger partial charge in [-0.2, -0.15) is 0 Å². The Kier molecular flexibility index (Phi) is 8.19. The number of phenols is 1. The van der Waals surface area contributed by atoms with Gasteiger partial charge in [0, 0.05) is 56.6 Å². The maximum Gasteiger partial charge on any atom is 0.248 e. The predicted molar refractivity (Wildman–Crippen MR) is 121 cm³/mol. The van der Waals surface area contributed by atoms with Crippen LogP contribution in [0.3, 0.4) is 0 Å². The molecule has 0 atom stereocenters. The Morgan fingerprint density at radius 3 is 2.65 bits per heavy atom. The lowest BCUT2D eigenvalue weighted by Gasteiger charge is -2.35. The van der Waals surface area contributed by atoms with Crippen molar-refractivity contribution in [2.75, 3.05) is 45.6 Å². The zero-order valence-electron chi connectivity index (χ0n) is 18.1. The number of fused-ring (bicyclic) bond motifs is 1. The summed E-state index contributed by atoms with van der Waals surface area (Å²) < 4.78 is 0. The third kappa shape index (κ3) is 5.51. The zero-order valence-corrected chi connectivity index (χ0v) is 18.9. The molecule has 0 unspecified atom stereocenters. The molecular formula is C21H31N5O4S. The summed E-state index contributed by atoms with van der Waals surface area (Å²) in [4.78, 5) is 35.5. The summed E-state index contributed by atoms with van der Waals surface area (Å²) in [6, 6.07) is 3.76. The number of aromatic nitrogens is 1. The smallest absolute Gasteiger partial charge is 0.248 e. The summed E-state index contributed by atoms with van der Waals surface area (Å²) in [7, 11) is 0. The Morgan fingerprint density at radius 1 is 1.26 bits per heavy atom. The summed E-state index contributed by atoms with van der Waals surface area (Å²) in [5.74, 6) is 4.82. The van der Waals surface area contributed by atoms with Crippen LogP contribution in [-0.2, 0) is 27.4 Å². The SMILES string of the molecule is CCc1c(SC)[nH]c2c(CN3CCN(C(=O)CCNC(=O)CON)CC3)c(O)ccc12. The molecule has 1 aliphatic heterocycles. The molecule has 1 aromatic heterocycles. The van der Waals surface area contributed by atoms with Gasteiger partial charge in [0.2, 0.25) is 11.8 Å². The van der Waals surface area contributed by atoms with Crippen molar-refractivity contribution in [2.24, 2.45) is 5.90 Å². The molecular weight excluding hydrogens is 418 g/mol. The van der Waals surface area contributed by atoms with Crippen molar-refractivity contribution >= 4 is 34.5 Å². The van der Waals surface area contributed by atoms with Gasteiger partial charge in [0.15, 0.2) is 0 Å². The van der Waals surface area contributed by atoms with E-state index in [1.165, 1.54) is 5.56 Å². The minimum Gasteiger partial charge on any atom is -0.508 e. The van der Waals surface area contributed by atoms with Crippen molar-refractivity contribution in [3.05, 3.63) is 23.3 Å². The number of piperazine rings is 1. The van der Waals surface area contributed by atoms with Crippen LogP contribution in [0.15, 0.2) is 17.2 Å². The van der Waals surface area contributed by atoms with Crippen LogP contribution in [0.5, 0.6) is 5.75 Å². The lowest BCUT2D eigenvalue weighted by atomic mass is 10.1. The van der Waals surface area contributed by atoms with Gasteiger partial charge in [-0.05, 0) is 30.4 Å². The summed E-state index contributed by atoms with van der Waals surface area (Å²) in [6.45, 7) is 5.51. The van der Waals surface area contributed by atoms with Gasteiger partial charge in [0.1, 0.15) is 12.4 Å². The standard InChI is InChI=1S/C21H31N5O4S/c1-3-14-15-4-5-17(27)16(20(15)24-21(14)31-2)12-25-8-10-26(11-9-25)19(29)6-7-23-18(28)13-30-22/h4-5,24,27H,3,6-13,22H2,1-2H3,(H,23,28). The normalized spacial score (nSPS) is 14.9. The molecule has 9 nitrogen and oxygen atoms in total. The molecule has 2 amide bonds. The number of aromatic hydroxyl groups is 1. The van der Waals surface area contributed by atoms with Crippen LogP contribution in [0.2, 0.25) is 0 Å². The molecule has 1 aliphatic rings. The minimum absolute atomic E-state index is 0.0140.